The number of aliphatic hydroxyl groups excluding tert-OH is 2. The molecule has 0 amide bonds. The van der Waals surface area contributed by atoms with E-state index >= 15 is 0 Å². The molecule has 0 heterocycles. The summed E-state index contributed by atoms with van der Waals surface area (Å²) in [4.78, 5) is 25.1. The number of unbranched alkanes of at least 4 members (excludes halogenated alkanes) is 23. The van der Waals surface area contributed by atoms with Gasteiger partial charge in [0.05, 0.1) is 6.61 Å². The fourth-order valence-electron chi connectivity index (χ4n) is 5.62. The lowest BCUT2D eigenvalue weighted by Gasteiger charge is -2.29. The molecule has 0 aromatic rings. The van der Waals surface area contributed by atoms with Crippen LogP contribution in [-0.4, -0.2) is 45.2 Å². The molecular weight excluding hydrogens is 524 g/mol. The highest BCUT2D eigenvalue weighted by atomic mass is 16.4. The summed E-state index contributed by atoms with van der Waals surface area (Å²) in [5.41, 5.74) is -2.37. The second-order valence-corrected chi connectivity index (χ2v) is 12.7. The van der Waals surface area contributed by atoms with Crippen molar-refractivity contribution in [2.24, 2.45) is 0 Å². The summed E-state index contributed by atoms with van der Waals surface area (Å²) in [5, 5.41) is 30.8. The van der Waals surface area contributed by atoms with Crippen molar-refractivity contribution in [3.8, 4) is 0 Å². The highest BCUT2D eigenvalue weighted by Crippen LogP contribution is 2.20. The lowest BCUT2D eigenvalue weighted by atomic mass is 9.85. The van der Waals surface area contributed by atoms with Crippen LogP contribution in [-0.2, 0) is 9.59 Å². The molecule has 0 saturated heterocycles. The van der Waals surface area contributed by atoms with Crippen LogP contribution < -0.4 is 0 Å². The van der Waals surface area contributed by atoms with E-state index in [1.165, 1.54) is 116 Å². The summed E-state index contributed by atoms with van der Waals surface area (Å²) in [6.45, 7) is 3.55. The fourth-order valence-corrected chi connectivity index (χ4v) is 5.62. The summed E-state index contributed by atoms with van der Waals surface area (Å²) < 4.78 is 0. The normalized spacial score (nSPS) is 13.9. The molecule has 0 aliphatic carbocycles. The quantitative estimate of drug-likeness (QED) is 0.0519. The molecule has 0 saturated carbocycles. The van der Waals surface area contributed by atoms with Gasteiger partial charge in [0.15, 0.2) is 23.3 Å². The molecule has 0 rings (SSSR count). The number of hydrogen-bond donors (Lipinski definition) is 3. The smallest absolute Gasteiger partial charge is 0.178 e. The first-order chi connectivity index (χ1) is 20.4. The number of Topliss-reactive ketones (excluding diaryl/α,β-unsaturated/α-hetero) is 2. The summed E-state index contributed by atoms with van der Waals surface area (Å²) >= 11 is 0. The van der Waals surface area contributed by atoms with Gasteiger partial charge in [-0.1, -0.05) is 154 Å². The molecule has 0 aliphatic rings. The minimum absolute atomic E-state index is 0.0780. The van der Waals surface area contributed by atoms with E-state index in [4.69, 9.17) is 0 Å². The van der Waals surface area contributed by atoms with Crippen molar-refractivity contribution in [1.29, 1.82) is 0 Å². The maximum Gasteiger partial charge on any atom is 0.178 e. The minimum atomic E-state index is -2.37. The number of carbonyl (C=O) groups is 2. The average molecular weight is 595 g/mol. The van der Waals surface area contributed by atoms with E-state index < -0.39 is 29.9 Å². The largest absolute Gasteiger partial charge is 0.393 e. The Kier molecular flexibility index (Phi) is 29.3. The van der Waals surface area contributed by atoms with E-state index in [1.54, 1.807) is 0 Å². The lowest BCUT2D eigenvalue weighted by Crippen LogP contribution is -2.55. The van der Waals surface area contributed by atoms with Crippen LogP contribution >= 0.6 is 0 Å². The zero-order chi connectivity index (χ0) is 31.2. The average Bonchev–Trinajstić information content (AvgIpc) is 3.00. The minimum Gasteiger partial charge on any atom is -0.393 e. The second-order valence-electron chi connectivity index (χ2n) is 12.7. The van der Waals surface area contributed by atoms with E-state index in [0.717, 1.165) is 38.5 Å². The van der Waals surface area contributed by atoms with Gasteiger partial charge in [-0.05, 0) is 38.5 Å². The molecule has 248 valence electrons. The van der Waals surface area contributed by atoms with E-state index in [-0.39, 0.29) is 12.8 Å². The van der Waals surface area contributed by atoms with Crippen molar-refractivity contribution in [1.82, 2.24) is 0 Å². The summed E-state index contributed by atoms with van der Waals surface area (Å²) in [5.74, 6) is -1.17. The standard InChI is InChI=1S/C37H70O5/c1-3-5-7-9-11-13-15-16-17-18-19-20-22-23-25-27-29-31-34(39)36(41)37(42,33-38)35(40)32-30-28-26-24-21-14-12-10-8-6-4-2/h11,13,36,38,41-42H,3-10,12,14-33H2,1-2H3. The predicted molar refractivity (Wildman–Crippen MR) is 178 cm³/mol. The van der Waals surface area contributed by atoms with Crippen molar-refractivity contribution in [3.63, 3.8) is 0 Å². The molecular formula is C37H70O5. The van der Waals surface area contributed by atoms with E-state index in [9.17, 15) is 24.9 Å². The Labute approximate surface area is 260 Å². The topological polar surface area (TPSA) is 94.8 Å². The summed E-state index contributed by atoms with van der Waals surface area (Å²) in [6, 6.07) is 0. The zero-order valence-corrected chi connectivity index (χ0v) is 27.9. The Bertz CT molecular complexity index is 646. The van der Waals surface area contributed by atoms with Gasteiger partial charge in [0, 0.05) is 12.8 Å². The third-order valence-corrected chi connectivity index (χ3v) is 8.67. The second kappa shape index (κ2) is 30.0. The van der Waals surface area contributed by atoms with Gasteiger partial charge >= 0.3 is 0 Å². The van der Waals surface area contributed by atoms with Crippen LogP contribution in [0.2, 0.25) is 0 Å². The van der Waals surface area contributed by atoms with Crippen LogP contribution in [0.3, 0.4) is 0 Å². The zero-order valence-electron chi connectivity index (χ0n) is 27.9. The van der Waals surface area contributed by atoms with Crippen molar-refractivity contribution >= 4 is 11.6 Å². The molecule has 5 nitrogen and oxygen atoms in total. The van der Waals surface area contributed by atoms with Gasteiger partial charge in [0.25, 0.3) is 0 Å². The number of hydrogen-bond acceptors (Lipinski definition) is 5. The maximum absolute atomic E-state index is 12.6. The Balaban J connectivity index is 3.83. The van der Waals surface area contributed by atoms with Gasteiger partial charge in [-0.25, -0.2) is 0 Å². The van der Waals surface area contributed by atoms with Gasteiger partial charge in [-0.3, -0.25) is 9.59 Å². The number of carbonyl (C=O) groups excluding carboxylic acids is 2. The first kappa shape index (κ1) is 41.0. The van der Waals surface area contributed by atoms with Crippen molar-refractivity contribution in [3.05, 3.63) is 12.2 Å². The highest BCUT2D eigenvalue weighted by molar-refractivity contribution is 5.96. The fraction of sp³-hybridized carbons (Fsp3) is 0.892. The SMILES string of the molecule is CCCCCC=CCCCCCCCCCCCCC(=O)C(O)C(O)(CO)C(=O)CCCCCCCCCCCCC. The molecule has 0 bridgehead atoms. The van der Waals surface area contributed by atoms with Crippen LogP contribution in [0, 0.1) is 0 Å². The van der Waals surface area contributed by atoms with Gasteiger partial charge < -0.3 is 15.3 Å². The summed E-state index contributed by atoms with van der Waals surface area (Å²) in [7, 11) is 0. The van der Waals surface area contributed by atoms with Gasteiger partial charge in [0.1, 0.15) is 0 Å². The first-order valence-corrected chi connectivity index (χ1v) is 18.2. The molecule has 0 radical (unpaired) electrons. The van der Waals surface area contributed by atoms with Crippen LogP contribution in [0.4, 0.5) is 0 Å². The van der Waals surface area contributed by atoms with Gasteiger partial charge in [-0.15, -0.1) is 0 Å². The van der Waals surface area contributed by atoms with Crippen molar-refractivity contribution in [2.75, 3.05) is 6.61 Å². The number of allylic oxidation sites excluding steroid dienone is 2. The highest BCUT2D eigenvalue weighted by Gasteiger charge is 2.45. The number of ketones is 2. The molecule has 0 fully saturated rings. The van der Waals surface area contributed by atoms with Crippen molar-refractivity contribution in [2.45, 2.75) is 205 Å². The van der Waals surface area contributed by atoms with Crippen LogP contribution in [0.1, 0.15) is 194 Å². The third kappa shape index (κ3) is 22.5. The van der Waals surface area contributed by atoms with Crippen LogP contribution in [0.15, 0.2) is 12.2 Å². The molecule has 5 heteroatoms. The molecule has 0 aliphatic heterocycles. The monoisotopic (exact) mass is 595 g/mol. The number of rotatable bonds is 33. The maximum atomic E-state index is 12.6. The van der Waals surface area contributed by atoms with Gasteiger partial charge in [0.2, 0.25) is 0 Å². The third-order valence-electron chi connectivity index (χ3n) is 8.67. The van der Waals surface area contributed by atoms with Gasteiger partial charge in [-0.2, -0.15) is 0 Å². The van der Waals surface area contributed by atoms with E-state index in [2.05, 4.69) is 26.0 Å². The Hall–Kier alpha value is -1.04. The van der Waals surface area contributed by atoms with Crippen LogP contribution in [0.5, 0.6) is 0 Å². The van der Waals surface area contributed by atoms with E-state index in [1.807, 2.05) is 0 Å². The molecule has 2 unspecified atom stereocenters. The molecule has 0 aromatic heterocycles. The Morgan fingerprint density at radius 2 is 0.881 bits per heavy atom. The molecule has 3 N–H and O–H groups in total. The van der Waals surface area contributed by atoms with E-state index in [0.29, 0.717) is 12.8 Å². The van der Waals surface area contributed by atoms with Crippen LogP contribution in [0.25, 0.3) is 0 Å². The number of aliphatic hydroxyl groups is 3. The Morgan fingerprint density at radius 3 is 1.31 bits per heavy atom. The molecule has 2 atom stereocenters. The molecule has 0 aromatic carbocycles. The molecule has 42 heavy (non-hydrogen) atoms. The predicted octanol–water partition coefficient (Wildman–Crippen LogP) is 9.73. The summed E-state index contributed by atoms with van der Waals surface area (Å²) in [6.07, 6.45) is 33.5. The first-order valence-electron chi connectivity index (χ1n) is 18.2. The van der Waals surface area contributed by atoms with Crippen molar-refractivity contribution < 1.29 is 24.9 Å². The lowest BCUT2D eigenvalue weighted by molar-refractivity contribution is -0.165. The Morgan fingerprint density at radius 1 is 0.548 bits per heavy atom. The molecule has 0 spiro atoms.